The average Bonchev–Trinajstić information content (AvgIpc) is 2.52. The minimum Gasteiger partial charge on any atom is -0.333 e. The molecule has 0 atom stereocenters. The first-order valence-electron chi connectivity index (χ1n) is 6.81. The van der Waals surface area contributed by atoms with E-state index in [1.807, 2.05) is 48.5 Å². The van der Waals surface area contributed by atoms with Gasteiger partial charge in [0.15, 0.2) is 0 Å². The largest absolute Gasteiger partial charge is 0.333 e. The maximum atomic E-state index is 12.1. The summed E-state index contributed by atoms with van der Waals surface area (Å²) >= 11 is 3.22. The van der Waals surface area contributed by atoms with Gasteiger partial charge in [0, 0.05) is 15.3 Å². The van der Waals surface area contributed by atoms with Crippen LogP contribution in [0.15, 0.2) is 59.6 Å². The van der Waals surface area contributed by atoms with Crippen LogP contribution in [-0.2, 0) is 0 Å². The second-order valence-electron chi connectivity index (χ2n) is 4.85. The number of anilines is 1. The number of urea groups is 1. The van der Waals surface area contributed by atoms with Crippen molar-refractivity contribution in [2.45, 2.75) is 0 Å². The Hall–Kier alpha value is -2.40. The summed E-state index contributed by atoms with van der Waals surface area (Å²) in [6.07, 6.45) is 0. The number of aromatic nitrogens is 1. The zero-order valence-corrected chi connectivity index (χ0v) is 13.4. The van der Waals surface area contributed by atoms with Crippen molar-refractivity contribution in [3.63, 3.8) is 0 Å². The van der Waals surface area contributed by atoms with Crippen molar-refractivity contribution in [3.8, 4) is 0 Å². The third-order valence-electron chi connectivity index (χ3n) is 3.27. The lowest BCUT2D eigenvalue weighted by Crippen LogP contribution is -2.29. The van der Waals surface area contributed by atoms with Crippen LogP contribution < -0.4 is 10.6 Å². The number of halogens is 1. The highest BCUT2D eigenvalue weighted by Crippen LogP contribution is 2.30. The maximum absolute atomic E-state index is 12.1. The molecule has 22 heavy (non-hydrogen) atoms. The van der Waals surface area contributed by atoms with Crippen molar-refractivity contribution in [2.24, 2.45) is 0 Å². The van der Waals surface area contributed by atoms with Gasteiger partial charge in [-0.1, -0.05) is 58.9 Å². The summed E-state index contributed by atoms with van der Waals surface area (Å²) < 4.78 is 0.715. The van der Waals surface area contributed by atoms with Gasteiger partial charge in [0.2, 0.25) is 0 Å². The van der Waals surface area contributed by atoms with E-state index in [1.165, 1.54) is 0 Å². The number of nitrogens with one attached hydrogen (secondary N) is 2. The van der Waals surface area contributed by atoms with Crippen LogP contribution in [0.25, 0.3) is 21.8 Å². The van der Waals surface area contributed by atoms with Gasteiger partial charge < -0.3 is 10.6 Å². The molecule has 2 N–H and O–H groups in total. The molecule has 4 nitrogen and oxygen atoms in total. The Bertz CT molecular complexity index is 822. The van der Waals surface area contributed by atoms with Crippen molar-refractivity contribution < 1.29 is 4.79 Å². The van der Waals surface area contributed by atoms with Gasteiger partial charge in [-0.25, -0.2) is 9.78 Å². The predicted molar refractivity (Wildman–Crippen MR) is 94.3 cm³/mol. The molecule has 0 saturated carbocycles. The monoisotopic (exact) mass is 355 g/mol. The van der Waals surface area contributed by atoms with E-state index >= 15 is 0 Å². The molecule has 0 aliphatic carbocycles. The number of hydrogen-bond acceptors (Lipinski definition) is 2. The Kier molecular flexibility index (Phi) is 4.06. The number of nitrogens with zero attached hydrogens (tertiary/aromatic N) is 1. The van der Waals surface area contributed by atoms with Gasteiger partial charge in [0.25, 0.3) is 0 Å². The lowest BCUT2D eigenvalue weighted by Gasteiger charge is -2.12. The van der Waals surface area contributed by atoms with Crippen molar-refractivity contribution in [1.29, 1.82) is 0 Å². The van der Waals surface area contributed by atoms with Crippen LogP contribution in [-0.4, -0.2) is 17.6 Å². The minimum atomic E-state index is -0.276. The molecule has 0 aliphatic heterocycles. The maximum Gasteiger partial charge on any atom is 0.319 e. The Balaban J connectivity index is 2.08. The second-order valence-corrected chi connectivity index (χ2v) is 5.97. The van der Waals surface area contributed by atoms with Gasteiger partial charge in [-0.05, 0) is 12.1 Å². The summed E-state index contributed by atoms with van der Waals surface area (Å²) in [5.74, 6) is 0. The third-order valence-corrected chi connectivity index (χ3v) is 3.55. The summed E-state index contributed by atoms with van der Waals surface area (Å²) in [6, 6.07) is 15.2. The standard InChI is InChI=1S/C17H14BrN3O/c1-11(18)10-19-17(22)21-16-12-6-2-4-8-14(12)20-15-9-5-3-7-13(15)16/h2-9H,1,10H2,(H2,19,20,21,22). The van der Waals surface area contributed by atoms with E-state index in [2.05, 4.69) is 38.1 Å². The fourth-order valence-electron chi connectivity index (χ4n) is 2.31. The molecule has 0 fully saturated rings. The van der Waals surface area contributed by atoms with Crippen LogP contribution in [0.4, 0.5) is 10.5 Å². The van der Waals surface area contributed by atoms with Gasteiger partial charge in [-0.15, -0.1) is 0 Å². The summed E-state index contributed by atoms with van der Waals surface area (Å²) in [5, 5.41) is 7.50. The molecule has 2 aromatic carbocycles. The molecular formula is C17H14BrN3O. The zero-order valence-electron chi connectivity index (χ0n) is 11.8. The number of fused-ring (bicyclic) bond motifs is 2. The molecule has 1 heterocycles. The van der Waals surface area contributed by atoms with Gasteiger partial charge in [0.05, 0.1) is 23.3 Å². The number of carbonyl (C=O) groups excluding carboxylic acids is 1. The van der Waals surface area contributed by atoms with Crippen LogP contribution in [0.5, 0.6) is 0 Å². The lowest BCUT2D eigenvalue weighted by molar-refractivity contribution is 0.253. The van der Waals surface area contributed by atoms with Crippen LogP contribution in [0.2, 0.25) is 0 Å². The third kappa shape index (κ3) is 2.94. The van der Waals surface area contributed by atoms with Crippen molar-refractivity contribution in [3.05, 3.63) is 59.6 Å². The highest BCUT2D eigenvalue weighted by Gasteiger charge is 2.11. The Morgan fingerprint density at radius 1 is 1.05 bits per heavy atom. The van der Waals surface area contributed by atoms with E-state index in [1.54, 1.807) is 0 Å². The van der Waals surface area contributed by atoms with Gasteiger partial charge >= 0.3 is 6.03 Å². The van der Waals surface area contributed by atoms with E-state index in [-0.39, 0.29) is 6.03 Å². The molecule has 2 amide bonds. The Morgan fingerprint density at radius 3 is 2.14 bits per heavy atom. The predicted octanol–water partition coefficient (Wildman–Crippen LogP) is 4.42. The molecule has 0 bridgehead atoms. The van der Waals surface area contributed by atoms with E-state index in [4.69, 9.17) is 0 Å². The highest BCUT2D eigenvalue weighted by molar-refractivity contribution is 9.11. The molecule has 0 radical (unpaired) electrons. The van der Waals surface area contributed by atoms with E-state index in [9.17, 15) is 4.79 Å². The quantitative estimate of drug-likeness (QED) is 0.683. The topological polar surface area (TPSA) is 54.0 Å². The molecule has 3 aromatic rings. The molecule has 3 rings (SSSR count). The summed E-state index contributed by atoms with van der Waals surface area (Å²) in [4.78, 5) is 16.7. The van der Waals surface area contributed by atoms with E-state index < -0.39 is 0 Å². The number of carbonyl (C=O) groups is 1. The van der Waals surface area contributed by atoms with E-state index in [0.717, 1.165) is 27.5 Å². The van der Waals surface area contributed by atoms with Crippen molar-refractivity contribution >= 4 is 49.5 Å². The number of para-hydroxylation sites is 2. The summed E-state index contributed by atoms with van der Waals surface area (Å²) in [7, 11) is 0. The van der Waals surface area contributed by atoms with Crippen LogP contribution >= 0.6 is 15.9 Å². The molecule has 0 aliphatic rings. The first-order valence-corrected chi connectivity index (χ1v) is 7.60. The van der Waals surface area contributed by atoms with Crippen molar-refractivity contribution in [1.82, 2.24) is 10.3 Å². The fourth-order valence-corrected chi connectivity index (χ4v) is 2.45. The molecule has 0 spiro atoms. The van der Waals surface area contributed by atoms with Crippen LogP contribution in [0, 0.1) is 0 Å². The number of pyridine rings is 1. The number of amides is 2. The smallest absolute Gasteiger partial charge is 0.319 e. The number of benzene rings is 2. The fraction of sp³-hybridized carbons (Fsp3) is 0.0588. The molecular weight excluding hydrogens is 342 g/mol. The van der Waals surface area contributed by atoms with Gasteiger partial charge in [-0.3, -0.25) is 0 Å². The first-order chi connectivity index (χ1) is 10.6. The molecule has 110 valence electrons. The first kappa shape index (κ1) is 14.5. The highest BCUT2D eigenvalue weighted by atomic mass is 79.9. The SMILES string of the molecule is C=C(Br)CNC(=O)Nc1c2ccccc2nc2ccccc12. The van der Waals surface area contributed by atoms with E-state index in [0.29, 0.717) is 11.0 Å². The molecule has 0 unspecified atom stereocenters. The van der Waals surface area contributed by atoms with Gasteiger partial charge in [0.1, 0.15) is 0 Å². The number of hydrogen-bond donors (Lipinski definition) is 2. The molecule has 0 saturated heterocycles. The summed E-state index contributed by atoms with van der Waals surface area (Å²) in [5.41, 5.74) is 2.46. The zero-order chi connectivity index (χ0) is 15.5. The Morgan fingerprint density at radius 2 is 1.59 bits per heavy atom. The van der Waals surface area contributed by atoms with Crippen molar-refractivity contribution in [2.75, 3.05) is 11.9 Å². The minimum absolute atomic E-state index is 0.276. The number of rotatable bonds is 3. The lowest BCUT2D eigenvalue weighted by atomic mass is 10.1. The summed E-state index contributed by atoms with van der Waals surface area (Å²) in [6.45, 7) is 4.07. The van der Waals surface area contributed by atoms with Crippen LogP contribution in [0.3, 0.4) is 0 Å². The average molecular weight is 356 g/mol. The van der Waals surface area contributed by atoms with Crippen LogP contribution in [0.1, 0.15) is 0 Å². The molecule has 1 aromatic heterocycles. The van der Waals surface area contributed by atoms with Gasteiger partial charge in [-0.2, -0.15) is 0 Å². The molecule has 5 heteroatoms. The Labute approximate surface area is 136 Å². The normalized spacial score (nSPS) is 10.6. The second kappa shape index (κ2) is 6.15.